The van der Waals surface area contributed by atoms with E-state index >= 15 is 0 Å². The van der Waals surface area contributed by atoms with E-state index in [4.69, 9.17) is 15.8 Å². The van der Waals surface area contributed by atoms with E-state index in [1.807, 2.05) is 55.2 Å². The van der Waals surface area contributed by atoms with Crippen LogP contribution in [0.25, 0.3) is 39.2 Å². The number of hydrogen-bond donors (Lipinski definition) is 2. The average Bonchev–Trinajstić information content (AvgIpc) is 3.46. The average molecular weight is 468 g/mol. The lowest BCUT2D eigenvalue weighted by molar-refractivity contribution is 0.276. The summed E-state index contributed by atoms with van der Waals surface area (Å²) in [4.78, 5) is 9.47. The van der Waals surface area contributed by atoms with Crippen molar-refractivity contribution in [1.29, 1.82) is 0 Å². The first-order chi connectivity index (χ1) is 17.0. The Morgan fingerprint density at radius 3 is 2.60 bits per heavy atom. The molecule has 0 saturated carbocycles. The van der Waals surface area contributed by atoms with Crippen LogP contribution in [-0.2, 0) is 13.7 Å². The molecule has 0 unspecified atom stereocenters. The predicted octanol–water partition coefficient (Wildman–Crippen LogP) is 4.48. The number of aromatic nitrogens is 6. The molecule has 1 atom stereocenters. The van der Waals surface area contributed by atoms with Gasteiger partial charge < -0.3 is 10.8 Å². The number of hydrogen-bond acceptors (Lipinski definition) is 6. The van der Waals surface area contributed by atoms with Crippen LogP contribution >= 0.6 is 0 Å². The van der Waals surface area contributed by atoms with E-state index < -0.39 is 0 Å². The first-order valence-corrected chi connectivity index (χ1v) is 11.8. The van der Waals surface area contributed by atoms with Crippen molar-refractivity contribution < 1.29 is 5.11 Å². The summed E-state index contributed by atoms with van der Waals surface area (Å²) in [6.45, 7) is 4.02. The van der Waals surface area contributed by atoms with Gasteiger partial charge in [0.1, 0.15) is 0 Å². The fourth-order valence-electron chi connectivity index (χ4n) is 4.31. The second-order valence-electron chi connectivity index (χ2n) is 8.80. The van der Waals surface area contributed by atoms with Crippen molar-refractivity contribution in [1.82, 2.24) is 29.5 Å². The molecule has 5 rings (SSSR count). The molecule has 4 heterocycles. The Balaban J connectivity index is 1.73. The van der Waals surface area contributed by atoms with Crippen LogP contribution in [0.3, 0.4) is 0 Å². The van der Waals surface area contributed by atoms with Gasteiger partial charge in [0, 0.05) is 35.3 Å². The number of nitrogens with two attached hydrogens (primary N) is 1. The topological polar surface area (TPSA) is 108 Å². The SMILES string of the molecule is CCC[C@H](N)c1cccc(-c2cc(-c3cc(C)n(C)n3)c3cnn(-c4cccc(CO)n4)c3c2)n1. The summed E-state index contributed by atoms with van der Waals surface area (Å²) in [5, 5.41) is 19.9. The number of fused-ring (bicyclic) bond motifs is 1. The Kier molecular flexibility index (Phi) is 6.15. The van der Waals surface area contributed by atoms with Gasteiger partial charge in [-0.05, 0) is 55.8 Å². The third kappa shape index (κ3) is 4.34. The van der Waals surface area contributed by atoms with Crippen molar-refractivity contribution >= 4 is 10.9 Å². The fourth-order valence-corrected chi connectivity index (χ4v) is 4.31. The number of rotatable bonds is 7. The summed E-state index contributed by atoms with van der Waals surface area (Å²) >= 11 is 0. The summed E-state index contributed by atoms with van der Waals surface area (Å²) in [5.41, 5.74) is 13.4. The van der Waals surface area contributed by atoms with Crippen molar-refractivity contribution in [2.45, 2.75) is 39.3 Å². The van der Waals surface area contributed by atoms with Gasteiger partial charge in [-0.3, -0.25) is 9.67 Å². The largest absolute Gasteiger partial charge is 0.390 e. The number of aliphatic hydroxyl groups excluding tert-OH is 1. The summed E-state index contributed by atoms with van der Waals surface area (Å²) < 4.78 is 3.66. The Morgan fingerprint density at radius 2 is 1.86 bits per heavy atom. The lowest BCUT2D eigenvalue weighted by Gasteiger charge is -2.12. The monoisotopic (exact) mass is 467 g/mol. The Labute approximate surface area is 204 Å². The van der Waals surface area contributed by atoms with E-state index in [-0.39, 0.29) is 12.6 Å². The van der Waals surface area contributed by atoms with Gasteiger partial charge in [-0.25, -0.2) is 9.67 Å². The van der Waals surface area contributed by atoms with Crippen LogP contribution in [0, 0.1) is 6.92 Å². The Hall–Kier alpha value is -3.88. The van der Waals surface area contributed by atoms with Crippen molar-refractivity contribution in [3.8, 4) is 28.3 Å². The van der Waals surface area contributed by atoms with Crippen LogP contribution in [0.5, 0.6) is 0 Å². The second-order valence-corrected chi connectivity index (χ2v) is 8.80. The summed E-state index contributed by atoms with van der Waals surface area (Å²) in [6.07, 6.45) is 3.72. The zero-order valence-corrected chi connectivity index (χ0v) is 20.2. The van der Waals surface area contributed by atoms with Gasteiger partial charge in [0.15, 0.2) is 5.82 Å². The molecule has 5 aromatic rings. The standard InChI is InChI=1S/C27H29N7O/c1-4-7-22(28)24-10-6-9-23(31-24)18-13-20(25-12-17(2)33(3)32-25)21-15-29-34(26(21)14-18)27-11-5-8-19(16-35)30-27/h5-6,8-15,22,35H,4,7,16,28H2,1-3H3/t22-/m0/s1. The van der Waals surface area contributed by atoms with Crippen molar-refractivity contribution in [3.63, 3.8) is 0 Å². The van der Waals surface area contributed by atoms with Crippen LogP contribution < -0.4 is 5.73 Å². The first-order valence-electron chi connectivity index (χ1n) is 11.8. The van der Waals surface area contributed by atoms with Crippen LogP contribution in [0.2, 0.25) is 0 Å². The molecule has 35 heavy (non-hydrogen) atoms. The fraction of sp³-hybridized carbons (Fsp3) is 0.259. The normalized spacial score (nSPS) is 12.4. The Bertz CT molecular complexity index is 1480. The van der Waals surface area contributed by atoms with Gasteiger partial charge in [0.25, 0.3) is 0 Å². The molecule has 0 spiro atoms. The molecule has 1 aromatic carbocycles. The first kappa shape index (κ1) is 22.9. The molecule has 0 aliphatic carbocycles. The maximum absolute atomic E-state index is 9.57. The molecule has 0 aliphatic heterocycles. The highest BCUT2D eigenvalue weighted by Gasteiger charge is 2.17. The second kappa shape index (κ2) is 9.40. The minimum Gasteiger partial charge on any atom is -0.390 e. The number of pyridine rings is 2. The van der Waals surface area contributed by atoms with Crippen molar-refractivity contribution in [2.24, 2.45) is 12.8 Å². The van der Waals surface area contributed by atoms with Gasteiger partial charge >= 0.3 is 0 Å². The van der Waals surface area contributed by atoms with E-state index in [1.165, 1.54) is 0 Å². The molecule has 4 aromatic heterocycles. The molecule has 8 heteroatoms. The predicted molar refractivity (Wildman–Crippen MR) is 137 cm³/mol. The van der Waals surface area contributed by atoms with E-state index in [2.05, 4.69) is 35.2 Å². The number of aryl methyl sites for hydroxylation is 2. The van der Waals surface area contributed by atoms with Crippen LogP contribution in [0.15, 0.2) is 60.8 Å². The molecule has 8 nitrogen and oxygen atoms in total. The molecule has 3 N–H and O–H groups in total. The zero-order chi connectivity index (χ0) is 24.5. The molecule has 0 aliphatic rings. The maximum atomic E-state index is 9.57. The van der Waals surface area contributed by atoms with E-state index in [0.717, 1.165) is 57.6 Å². The maximum Gasteiger partial charge on any atom is 0.154 e. The van der Waals surface area contributed by atoms with E-state index in [0.29, 0.717) is 11.5 Å². The molecule has 178 valence electrons. The minimum atomic E-state index is -0.133. The van der Waals surface area contributed by atoms with Gasteiger partial charge in [0.2, 0.25) is 0 Å². The number of benzene rings is 1. The van der Waals surface area contributed by atoms with E-state index in [9.17, 15) is 5.11 Å². The molecule has 0 fully saturated rings. The summed E-state index contributed by atoms with van der Waals surface area (Å²) in [5.74, 6) is 0.638. The minimum absolute atomic E-state index is 0.0995. The highest BCUT2D eigenvalue weighted by molar-refractivity contribution is 5.97. The molecule has 0 saturated heterocycles. The van der Waals surface area contributed by atoms with Gasteiger partial charge in [-0.1, -0.05) is 25.5 Å². The molecule has 0 amide bonds. The number of aliphatic hydroxyl groups is 1. The molecule has 0 bridgehead atoms. The summed E-state index contributed by atoms with van der Waals surface area (Å²) in [7, 11) is 1.94. The third-order valence-electron chi connectivity index (χ3n) is 6.30. The van der Waals surface area contributed by atoms with Crippen LogP contribution in [-0.4, -0.2) is 34.6 Å². The lowest BCUT2D eigenvalue weighted by Crippen LogP contribution is -2.11. The van der Waals surface area contributed by atoms with E-state index in [1.54, 1.807) is 10.7 Å². The molecular weight excluding hydrogens is 438 g/mol. The quantitative estimate of drug-likeness (QED) is 0.365. The highest BCUT2D eigenvalue weighted by atomic mass is 16.3. The van der Waals surface area contributed by atoms with Crippen LogP contribution in [0.1, 0.15) is 42.9 Å². The van der Waals surface area contributed by atoms with Crippen molar-refractivity contribution in [2.75, 3.05) is 0 Å². The van der Waals surface area contributed by atoms with Crippen LogP contribution in [0.4, 0.5) is 0 Å². The molecular formula is C27H29N7O. The van der Waals surface area contributed by atoms with Gasteiger partial charge in [-0.15, -0.1) is 0 Å². The number of nitrogens with zero attached hydrogens (tertiary/aromatic N) is 6. The van der Waals surface area contributed by atoms with Gasteiger partial charge in [0.05, 0.1) is 41.1 Å². The lowest BCUT2D eigenvalue weighted by atomic mass is 10.0. The Morgan fingerprint density at radius 1 is 1.03 bits per heavy atom. The highest BCUT2D eigenvalue weighted by Crippen LogP contribution is 2.34. The summed E-state index contributed by atoms with van der Waals surface area (Å²) in [6, 6.07) is 17.7. The third-order valence-corrected chi connectivity index (χ3v) is 6.30. The van der Waals surface area contributed by atoms with Gasteiger partial charge in [-0.2, -0.15) is 10.2 Å². The molecule has 0 radical (unpaired) electrons. The zero-order valence-electron chi connectivity index (χ0n) is 20.2. The smallest absolute Gasteiger partial charge is 0.154 e. The van der Waals surface area contributed by atoms with Crippen molar-refractivity contribution in [3.05, 3.63) is 77.9 Å².